The molecule has 6 rings (SSSR count). The summed E-state index contributed by atoms with van der Waals surface area (Å²) in [6.45, 7) is 0. The first kappa shape index (κ1) is 17.7. The Hall–Kier alpha value is -4.17. The van der Waals surface area contributed by atoms with Crippen molar-refractivity contribution in [2.75, 3.05) is 0 Å². The van der Waals surface area contributed by atoms with E-state index in [0.29, 0.717) is 0 Å². The molecule has 0 saturated carbocycles. The normalized spacial score (nSPS) is 11.4. The average Bonchev–Trinajstić information content (AvgIpc) is 2.84. The van der Waals surface area contributed by atoms with E-state index in [0.717, 1.165) is 32.9 Å². The van der Waals surface area contributed by atoms with E-state index < -0.39 is 0 Å². The van der Waals surface area contributed by atoms with Gasteiger partial charge in [0.25, 0.3) is 0 Å². The lowest BCUT2D eigenvalue weighted by molar-refractivity contribution is 0.476. The van der Waals surface area contributed by atoms with Crippen LogP contribution >= 0.6 is 0 Å². The number of benzene rings is 5. The molecule has 6 aromatic rings. The SMILES string of the molecule is Oc1ccc2nc(-c3ccc(-c4ccccc4)cc3)c3ccc4ccccc4c3c2c1. The number of nitrogens with zero attached hydrogens (tertiary/aromatic N) is 1. The molecule has 1 aromatic heterocycles. The minimum Gasteiger partial charge on any atom is -0.508 e. The molecule has 5 aromatic carbocycles. The Morgan fingerprint density at radius 1 is 0.516 bits per heavy atom. The fourth-order valence-corrected chi connectivity index (χ4v) is 4.43. The van der Waals surface area contributed by atoms with Crippen molar-refractivity contribution < 1.29 is 5.11 Å². The van der Waals surface area contributed by atoms with E-state index in [2.05, 4.69) is 84.9 Å². The van der Waals surface area contributed by atoms with E-state index >= 15 is 0 Å². The van der Waals surface area contributed by atoms with Crippen LogP contribution in [0, 0.1) is 0 Å². The Balaban J connectivity index is 1.65. The molecular weight excluding hydrogens is 378 g/mol. The highest BCUT2D eigenvalue weighted by molar-refractivity contribution is 6.22. The van der Waals surface area contributed by atoms with Gasteiger partial charge in [0.1, 0.15) is 5.75 Å². The Labute approximate surface area is 180 Å². The highest BCUT2D eigenvalue weighted by atomic mass is 16.3. The van der Waals surface area contributed by atoms with E-state index in [1.54, 1.807) is 6.07 Å². The van der Waals surface area contributed by atoms with Crippen LogP contribution in [-0.4, -0.2) is 10.1 Å². The lowest BCUT2D eigenvalue weighted by Crippen LogP contribution is -1.91. The molecule has 0 aliphatic carbocycles. The van der Waals surface area contributed by atoms with Gasteiger partial charge in [-0.1, -0.05) is 91.0 Å². The molecule has 2 nitrogen and oxygen atoms in total. The van der Waals surface area contributed by atoms with Crippen LogP contribution in [-0.2, 0) is 0 Å². The lowest BCUT2D eigenvalue weighted by Gasteiger charge is -2.13. The van der Waals surface area contributed by atoms with Gasteiger partial charge in [0, 0.05) is 21.7 Å². The smallest absolute Gasteiger partial charge is 0.116 e. The first-order valence-corrected chi connectivity index (χ1v) is 10.4. The molecule has 0 aliphatic rings. The zero-order valence-corrected chi connectivity index (χ0v) is 16.8. The van der Waals surface area contributed by atoms with Gasteiger partial charge in [-0.25, -0.2) is 4.98 Å². The van der Waals surface area contributed by atoms with E-state index in [-0.39, 0.29) is 5.75 Å². The Bertz CT molecular complexity index is 1570. The number of hydrogen-bond acceptors (Lipinski definition) is 2. The average molecular weight is 397 g/mol. The van der Waals surface area contributed by atoms with Crippen LogP contribution in [0.3, 0.4) is 0 Å². The van der Waals surface area contributed by atoms with Crippen molar-refractivity contribution in [3.8, 4) is 28.1 Å². The van der Waals surface area contributed by atoms with Crippen LogP contribution in [0.15, 0.2) is 109 Å². The quantitative estimate of drug-likeness (QED) is 0.305. The van der Waals surface area contributed by atoms with Crippen LogP contribution in [0.25, 0.3) is 54.8 Å². The third-order valence-electron chi connectivity index (χ3n) is 5.93. The van der Waals surface area contributed by atoms with Crippen molar-refractivity contribution in [3.63, 3.8) is 0 Å². The van der Waals surface area contributed by atoms with Gasteiger partial charge in [0.05, 0.1) is 11.2 Å². The predicted octanol–water partition coefficient (Wildman–Crippen LogP) is 7.58. The predicted molar refractivity (Wildman–Crippen MR) is 129 cm³/mol. The molecular formula is C29H19NO. The van der Waals surface area contributed by atoms with Gasteiger partial charge in [0.2, 0.25) is 0 Å². The van der Waals surface area contributed by atoms with Gasteiger partial charge in [-0.2, -0.15) is 0 Å². The van der Waals surface area contributed by atoms with E-state index in [4.69, 9.17) is 4.98 Å². The molecule has 0 saturated heterocycles. The van der Waals surface area contributed by atoms with Crippen molar-refractivity contribution in [1.29, 1.82) is 0 Å². The summed E-state index contributed by atoms with van der Waals surface area (Å²) >= 11 is 0. The molecule has 2 heteroatoms. The van der Waals surface area contributed by atoms with Gasteiger partial charge in [-0.05, 0) is 40.1 Å². The van der Waals surface area contributed by atoms with E-state index in [1.165, 1.54) is 21.9 Å². The number of rotatable bonds is 2. The van der Waals surface area contributed by atoms with Crippen LogP contribution in [0.4, 0.5) is 0 Å². The second-order valence-electron chi connectivity index (χ2n) is 7.81. The third kappa shape index (κ3) is 2.92. The molecule has 31 heavy (non-hydrogen) atoms. The van der Waals surface area contributed by atoms with Crippen molar-refractivity contribution in [2.24, 2.45) is 0 Å². The maximum Gasteiger partial charge on any atom is 0.116 e. The van der Waals surface area contributed by atoms with Gasteiger partial charge < -0.3 is 5.11 Å². The number of aromatic nitrogens is 1. The largest absolute Gasteiger partial charge is 0.508 e. The standard InChI is InChI=1S/C29H19NO/c31-23-15-17-27-26(18-23)28-24-9-5-4-8-21(24)14-16-25(28)29(30-27)22-12-10-20(11-13-22)19-6-2-1-3-7-19/h1-18,31H. The summed E-state index contributed by atoms with van der Waals surface area (Å²) in [5.41, 5.74) is 5.30. The summed E-state index contributed by atoms with van der Waals surface area (Å²) in [5, 5.41) is 15.7. The Morgan fingerprint density at radius 2 is 1.23 bits per heavy atom. The van der Waals surface area contributed by atoms with Crippen molar-refractivity contribution in [1.82, 2.24) is 4.98 Å². The third-order valence-corrected chi connectivity index (χ3v) is 5.93. The molecule has 0 radical (unpaired) electrons. The van der Waals surface area contributed by atoms with E-state index in [9.17, 15) is 5.11 Å². The summed E-state index contributed by atoms with van der Waals surface area (Å²) < 4.78 is 0. The number of aromatic hydroxyl groups is 1. The summed E-state index contributed by atoms with van der Waals surface area (Å²) in [6.07, 6.45) is 0. The second kappa shape index (κ2) is 6.96. The van der Waals surface area contributed by atoms with Crippen LogP contribution < -0.4 is 0 Å². The van der Waals surface area contributed by atoms with Crippen molar-refractivity contribution in [3.05, 3.63) is 109 Å². The van der Waals surface area contributed by atoms with Crippen LogP contribution in [0.2, 0.25) is 0 Å². The monoisotopic (exact) mass is 397 g/mol. The summed E-state index contributed by atoms with van der Waals surface area (Å²) in [5.74, 6) is 0.253. The number of phenolic OH excluding ortho intramolecular Hbond substituents is 1. The summed E-state index contributed by atoms with van der Waals surface area (Å²) in [4.78, 5) is 5.01. The first-order chi connectivity index (χ1) is 15.3. The second-order valence-corrected chi connectivity index (χ2v) is 7.81. The molecule has 0 spiro atoms. The highest BCUT2D eigenvalue weighted by Crippen LogP contribution is 2.38. The van der Waals surface area contributed by atoms with Crippen LogP contribution in [0.1, 0.15) is 0 Å². The number of hydrogen-bond donors (Lipinski definition) is 1. The molecule has 0 unspecified atom stereocenters. The van der Waals surface area contributed by atoms with Gasteiger partial charge in [0.15, 0.2) is 0 Å². The first-order valence-electron chi connectivity index (χ1n) is 10.4. The maximum absolute atomic E-state index is 10.2. The maximum atomic E-state index is 10.2. The zero-order chi connectivity index (χ0) is 20.8. The molecule has 0 bridgehead atoms. The molecule has 1 heterocycles. The van der Waals surface area contributed by atoms with Gasteiger partial charge in [-0.15, -0.1) is 0 Å². The molecule has 0 fully saturated rings. The van der Waals surface area contributed by atoms with Gasteiger partial charge >= 0.3 is 0 Å². The molecule has 0 atom stereocenters. The minimum atomic E-state index is 0.253. The highest BCUT2D eigenvalue weighted by Gasteiger charge is 2.13. The minimum absolute atomic E-state index is 0.253. The summed E-state index contributed by atoms with van der Waals surface area (Å²) in [7, 11) is 0. The fourth-order valence-electron chi connectivity index (χ4n) is 4.43. The number of phenols is 1. The Kier molecular flexibility index (Phi) is 3.97. The fraction of sp³-hybridized carbons (Fsp3) is 0. The number of pyridine rings is 1. The molecule has 1 N–H and O–H groups in total. The Morgan fingerprint density at radius 3 is 2.06 bits per heavy atom. The van der Waals surface area contributed by atoms with Crippen molar-refractivity contribution in [2.45, 2.75) is 0 Å². The van der Waals surface area contributed by atoms with E-state index in [1.807, 2.05) is 18.2 Å². The summed E-state index contributed by atoms with van der Waals surface area (Å²) in [6, 6.07) is 37.1. The molecule has 146 valence electrons. The topological polar surface area (TPSA) is 33.1 Å². The van der Waals surface area contributed by atoms with Gasteiger partial charge in [-0.3, -0.25) is 0 Å². The van der Waals surface area contributed by atoms with Crippen LogP contribution in [0.5, 0.6) is 5.75 Å². The zero-order valence-electron chi connectivity index (χ0n) is 16.8. The number of fused-ring (bicyclic) bond motifs is 5. The molecule has 0 aliphatic heterocycles. The lowest BCUT2D eigenvalue weighted by atomic mass is 9.94. The molecule has 0 amide bonds. The van der Waals surface area contributed by atoms with Crippen molar-refractivity contribution >= 4 is 32.4 Å².